The SMILES string of the molecule is COc1cc(C)c(Cl)cc1N(C)CBr. The van der Waals surface area contributed by atoms with Crippen molar-refractivity contribution in [3.05, 3.63) is 22.7 Å². The van der Waals surface area contributed by atoms with Crippen LogP contribution in [0, 0.1) is 6.92 Å². The van der Waals surface area contributed by atoms with Gasteiger partial charge >= 0.3 is 0 Å². The topological polar surface area (TPSA) is 12.5 Å². The second-order valence-electron chi connectivity index (χ2n) is 3.09. The Morgan fingerprint density at radius 3 is 2.64 bits per heavy atom. The largest absolute Gasteiger partial charge is 0.495 e. The maximum atomic E-state index is 6.05. The van der Waals surface area contributed by atoms with Gasteiger partial charge < -0.3 is 9.64 Å². The van der Waals surface area contributed by atoms with Crippen LogP contribution in [0.15, 0.2) is 12.1 Å². The van der Waals surface area contributed by atoms with Crippen LogP contribution in [-0.4, -0.2) is 19.6 Å². The van der Waals surface area contributed by atoms with Crippen molar-refractivity contribution in [1.29, 1.82) is 0 Å². The molecule has 4 heteroatoms. The number of halogens is 2. The van der Waals surface area contributed by atoms with Crippen LogP contribution in [0.4, 0.5) is 5.69 Å². The highest BCUT2D eigenvalue weighted by atomic mass is 79.9. The van der Waals surface area contributed by atoms with Gasteiger partial charge in [-0.05, 0) is 24.6 Å². The molecule has 0 aliphatic rings. The minimum atomic E-state index is 0.739. The van der Waals surface area contributed by atoms with Crippen LogP contribution in [0.3, 0.4) is 0 Å². The van der Waals surface area contributed by atoms with E-state index in [9.17, 15) is 0 Å². The number of rotatable bonds is 3. The zero-order chi connectivity index (χ0) is 10.7. The molecule has 0 unspecified atom stereocenters. The summed E-state index contributed by atoms with van der Waals surface area (Å²) in [4.78, 5) is 2.02. The molecule has 0 aromatic heterocycles. The van der Waals surface area contributed by atoms with Gasteiger partial charge in [0.15, 0.2) is 0 Å². The lowest BCUT2D eigenvalue weighted by atomic mass is 10.2. The summed E-state index contributed by atoms with van der Waals surface area (Å²) >= 11 is 9.43. The number of benzene rings is 1. The summed E-state index contributed by atoms with van der Waals surface area (Å²) in [6.45, 7) is 1.96. The number of anilines is 1. The van der Waals surface area contributed by atoms with Crippen molar-refractivity contribution in [3.63, 3.8) is 0 Å². The third kappa shape index (κ3) is 2.34. The van der Waals surface area contributed by atoms with Gasteiger partial charge in [0.2, 0.25) is 0 Å². The summed E-state index contributed by atoms with van der Waals surface area (Å²) < 4.78 is 5.28. The molecular formula is C10H13BrClNO. The van der Waals surface area contributed by atoms with Crippen molar-refractivity contribution < 1.29 is 4.74 Å². The lowest BCUT2D eigenvalue weighted by Crippen LogP contribution is -2.14. The minimum Gasteiger partial charge on any atom is -0.495 e. The number of methoxy groups -OCH3 is 1. The van der Waals surface area contributed by atoms with Gasteiger partial charge in [0.25, 0.3) is 0 Å². The summed E-state index contributed by atoms with van der Waals surface area (Å²) in [6.07, 6.45) is 0. The van der Waals surface area contributed by atoms with E-state index in [1.807, 2.05) is 31.0 Å². The number of ether oxygens (including phenoxy) is 1. The van der Waals surface area contributed by atoms with E-state index in [4.69, 9.17) is 16.3 Å². The normalized spacial score (nSPS) is 10.1. The zero-order valence-corrected chi connectivity index (χ0v) is 10.8. The predicted molar refractivity (Wildman–Crippen MR) is 64.9 cm³/mol. The van der Waals surface area contributed by atoms with E-state index in [0.717, 1.165) is 27.5 Å². The summed E-state index contributed by atoms with van der Waals surface area (Å²) in [7, 11) is 3.63. The molecule has 0 bridgehead atoms. The number of nitrogens with zero attached hydrogens (tertiary/aromatic N) is 1. The molecule has 78 valence electrons. The van der Waals surface area contributed by atoms with Crippen LogP contribution < -0.4 is 9.64 Å². The summed E-state index contributed by atoms with van der Waals surface area (Å²) in [5, 5.41) is 0.758. The van der Waals surface area contributed by atoms with Crippen molar-refractivity contribution in [3.8, 4) is 5.75 Å². The Hall–Kier alpha value is -0.410. The van der Waals surface area contributed by atoms with Crippen molar-refractivity contribution in [2.45, 2.75) is 6.92 Å². The molecule has 0 N–H and O–H groups in total. The summed E-state index contributed by atoms with van der Waals surface area (Å²) in [5.41, 5.74) is 2.75. The smallest absolute Gasteiger partial charge is 0.142 e. The van der Waals surface area contributed by atoms with Crippen LogP contribution in [0.1, 0.15) is 5.56 Å². The first-order valence-electron chi connectivity index (χ1n) is 4.21. The van der Waals surface area contributed by atoms with Crippen LogP contribution in [0.25, 0.3) is 0 Å². The first-order chi connectivity index (χ1) is 6.60. The van der Waals surface area contributed by atoms with Crippen molar-refractivity contribution in [2.75, 3.05) is 24.5 Å². The monoisotopic (exact) mass is 277 g/mol. The Balaban J connectivity index is 3.19. The fraction of sp³-hybridized carbons (Fsp3) is 0.400. The Bertz CT molecular complexity index is 330. The Morgan fingerprint density at radius 1 is 1.50 bits per heavy atom. The molecule has 1 rings (SSSR count). The van der Waals surface area contributed by atoms with E-state index in [0.29, 0.717) is 0 Å². The van der Waals surface area contributed by atoms with Crippen LogP contribution in [0.2, 0.25) is 5.02 Å². The molecule has 0 saturated heterocycles. The lowest BCUT2D eigenvalue weighted by Gasteiger charge is -2.20. The van der Waals surface area contributed by atoms with E-state index in [2.05, 4.69) is 15.9 Å². The first-order valence-corrected chi connectivity index (χ1v) is 5.71. The molecule has 0 saturated carbocycles. The van der Waals surface area contributed by atoms with E-state index in [-0.39, 0.29) is 0 Å². The van der Waals surface area contributed by atoms with Gasteiger partial charge in [0.05, 0.1) is 18.3 Å². The number of hydrogen-bond acceptors (Lipinski definition) is 2. The average Bonchev–Trinajstić information content (AvgIpc) is 2.20. The average molecular weight is 279 g/mol. The lowest BCUT2D eigenvalue weighted by molar-refractivity contribution is 0.415. The maximum Gasteiger partial charge on any atom is 0.142 e. The van der Waals surface area contributed by atoms with Gasteiger partial charge in [0.1, 0.15) is 5.75 Å². The molecule has 0 atom stereocenters. The third-order valence-electron chi connectivity index (χ3n) is 2.05. The van der Waals surface area contributed by atoms with Gasteiger partial charge in [-0.1, -0.05) is 27.5 Å². The molecule has 14 heavy (non-hydrogen) atoms. The van der Waals surface area contributed by atoms with Gasteiger partial charge in [-0.15, -0.1) is 0 Å². The summed E-state index contributed by atoms with van der Waals surface area (Å²) in [6, 6.07) is 3.85. The molecule has 0 spiro atoms. The Morgan fingerprint density at radius 2 is 2.14 bits per heavy atom. The van der Waals surface area contributed by atoms with Gasteiger partial charge in [0, 0.05) is 12.1 Å². The molecule has 0 fully saturated rings. The van der Waals surface area contributed by atoms with Crippen LogP contribution >= 0.6 is 27.5 Å². The van der Waals surface area contributed by atoms with Crippen LogP contribution in [0.5, 0.6) is 5.75 Å². The van der Waals surface area contributed by atoms with Crippen molar-refractivity contribution in [2.24, 2.45) is 0 Å². The second-order valence-corrected chi connectivity index (χ2v) is 4.00. The third-order valence-corrected chi connectivity index (χ3v) is 3.21. The molecule has 1 aromatic rings. The van der Waals surface area contributed by atoms with Crippen molar-refractivity contribution >= 4 is 33.2 Å². The predicted octanol–water partition coefficient (Wildman–Crippen LogP) is 3.45. The molecule has 1 aromatic carbocycles. The molecular weight excluding hydrogens is 265 g/mol. The standard InChI is InChI=1S/C10H13BrClNO/c1-7-4-10(14-3)9(5-8(7)12)13(2)6-11/h4-5H,6H2,1-3H3. The minimum absolute atomic E-state index is 0.739. The molecule has 2 nitrogen and oxygen atoms in total. The summed E-state index contributed by atoms with van der Waals surface area (Å²) in [5.74, 6) is 0.842. The quantitative estimate of drug-likeness (QED) is 0.620. The number of alkyl halides is 1. The fourth-order valence-electron chi connectivity index (χ4n) is 1.17. The highest BCUT2D eigenvalue weighted by Crippen LogP contribution is 2.33. The Kier molecular flexibility index (Phi) is 4.08. The first kappa shape index (κ1) is 11.7. The number of aryl methyl sites for hydroxylation is 1. The van der Waals surface area contributed by atoms with E-state index < -0.39 is 0 Å². The highest BCUT2D eigenvalue weighted by molar-refractivity contribution is 9.09. The molecule has 0 aliphatic heterocycles. The molecule has 0 amide bonds. The van der Waals surface area contributed by atoms with Gasteiger partial charge in [-0.2, -0.15) is 0 Å². The second kappa shape index (κ2) is 4.89. The van der Waals surface area contributed by atoms with E-state index in [1.54, 1.807) is 7.11 Å². The van der Waals surface area contributed by atoms with E-state index in [1.165, 1.54) is 0 Å². The Labute approximate surface area is 97.9 Å². The van der Waals surface area contributed by atoms with Crippen LogP contribution in [-0.2, 0) is 0 Å². The van der Waals surface area contributed by atoms with Crippen molar-refractivity contribution in [1.82, 2.24) is 0 Å². The fourth-order valence-corrected chi connectivity index (χ4v) is 1.60. The van der Waals surface area contributed by atoms with Gasteiger partial charge in [-0.25, -0.2) is 0 Å². The zero-order valence-electron chi connectivity index (χ0n) is 8.47. The molecule has 0 aliphatic carbocycles. The number of hydrogen-bond donors (Lipinski definition) is 0. The van der Waals surface area contributed by atoms with E-state index >= 15 is 0 Å². The van der Waals surface area contributed by atoms with Gasteiger partial charge in [-0.3, -0.25) is 0 Å². The molecule has 0 radical (unpaired) electrons. The molecule has 0 heterocycles. The maximum absolute atomic E-state index is 6.05. The highest BCUT2D eigenvalue weighted by Gasteiger charge is 2.09.